The molecule has 4 rings (SSSR count). The van der Waals surface area contributed by atoms with Gasteiger partial charge >= 0.3 is 5.97 Å². The SMILES string of the molecule is CC(=O)Nc1nc(C)c(-c2ccc(C(=O)O)o2)s1.CC(=O)Nc1nc(C)c(-c2ccc(C=O)o2)s1. The number of hydrogen-bond donors (Lipinski definition) is 3. The highest BCUT2D eigenvalue weighted by molar-refractivity contribution is 7.19. The van der Waals surface area contributed by atoms with Gasteiger partial charge in [0.1, 0.15) is 11.5 Å². The van der Waals surface area contributed by atoms with Gasteiger partial charge in [-0.25, -0.2) is 14.8 Å². The fourth-order valence-electron chi connectivity index (χ4n) is 2.77. The number of nitrogens with zero attached hydrogens (tertiary/aromatic N) is 2. The topological polar surface area (TPSA) is 165 Å². The molecule has 13 heteroatoms. The highest BCUT2D eigenvalue weighted by atomic mass is 32.1. The molecule has 0 atom stereocenters. The Morgan fingerprint density at radius 1 is 0.857 bits per heavy atom. The number of hydrogen-bond acceptors (Lipinski definition) is 10. The summed E-state index contributed by atoms with van der Waals surface area (Å²) in [6.45, 7) is 6.40. The number of carbonyl (C=O) groups is 4. The molecular formula is C22H20N4O7S2. The van der Waals surface area contributed by atoms with E-state index < -0.39 is 5.97 Å². The number of rotatable bonds is 6. The number of carboxylic acid groups (broad SMARTS) is 1. The standard InChI is InChI=1S/C11H10N2O4S.C11H10N2O3S/c1-5-9(18-11(12-5)13-6(2)14)7-3-4-8(17-7)10(15)16;1-6-10(9-4-3-8(5-14)16-9)17-11(12-6)13-7(2)15/h3-4H,1-2H3,(H,15,16)(H,12,13,14);3-5H,1-2H3,(H,12,13,15). The molecule has 4 heterocycles. The molecule has 0 spiro atoms. The molecule has 0 aliphatic carbocycles. The summed E-state index contributed by atoms with van der Waals surface area (Å²) < 4.78 is 10.5. The second-order valence-electron chi connectivity index (χ2n) is 7.02. The third-order valence-corrected chi connectivity index (χ3v) is 6.34. The van der Waals surface area contributed by atoms with Crippen LogP contribution in [0.2, 0.25) is 0 Å². The van der Waals surface area contributed by atoms with Crippen LogP contribution in [-0.4, -0.2) is 39.1 Å². The summed E-state index contributed by atoms with van der Waals surface area (Å²) in [5.41, 5.74) is 1.43. The number of aromatic carboxylic acids is 1. The van der Waals surface area contributed by atoms with Crippen molar-refractivity contribution in [1.29, 1.82) is 0 Å². The molecule has 0 fully saturated rings. The average molecular weight is 517 g/mol. The van der Waals surface area contributed by atoms with E-state index in [1.165, 1.54) is 42.6 Å². The molecule has 0 unspecified atom stereocenters. The van der Waals surface area contributed by atoms with Gasteiger partial charge in [0.15, 0.2) is 22.3 Å². The smallest absolute Gasteiger partial charge is 0.371 e. The summed E-state index contributed by atoms with van der Waals surface area (Å²) in [6.07, 6.45) is 0.647. The molecule has 182 valence electrons. The number of carboxylic acids is 1. The summed E-state index contributed by atoms with van der Waals surface area (Å²) in [5.74, 6) is -0.338. The molecule has 3 N–H and O–H groups in total. The van der Waals surface area contributed by atoms with Gasteiger partial charge in [-0.2, -0.15) is 0 Å². The fraction of sp³-hybridized carbons (Fsp3) is 0.182. The van der Waals surface area contributed by atoms with E-state index in [9.17, 15) is 19.2 Å². The van der Waals surface area contributed by atoms with E-state index in [1.807, 2.05) is 6.92 Å². The van der Waals surface area contributed by atoms with Gasteiger partial charge in [0, 0.05) is 13.8 Å². The Kier molecular flexibility index (Phi) is 7.94. The number of anilines is 2. The van der Waals surface area contributed by atoms with Gasteiger partial charge in [0.25, 0.3) is 0 Å². The Balaban J connectivity index is 0.000000196. The normalized spacial score (nSPS) is 10.3. The predicted octanol–water partition coefficient (Wildman–Crippen LogP) is 4.85. The Bertz CT molecular complexity index is 1400. The third-order valence-electron chi connectivity index (χ3n) is 4.17. The van der Waals surface area contributed by atoms with Crippen LogP contribution in [0.25, 0.3) is 21.3 Å². The Morgan fingerprint density at radius 3 is 1.74 bits per heavy atom. The van der Waals surface area contributed by atoms with E-state index in [2.05, 4.69) is 20.6 Å². The van der Waals surface area contributed by atoms with Gasteiger partial charge in [0.05, 0.1) is 21.1 Å². The Hall–Kier alpha value is -4.10. The van der Waals surface area contributed by atoms with Crippen molar-refractivity contribution in [3.63, 3.8) is 0 Å². The van der Waals surface area contributed by atoms with E-state index in [1.54, 1.807) is 25.1 Å². The Labute approximate surface area is 206 Å². The maximum atomic E-state index is 10.9. The van der Waals surface area contributed by atoms with Crippen molar-refractivity contribution < 1.29 is 33.1 Å². The summed E-state index contributed by atoms with van der Waals surface area (Å²) >= 11 is 2.55. The van der Waals surface area contributed by atoms with Crippen LogP contribution in [0.15, 0.2) is 33.1 Å². The van der Waals surface area contributed by atoms with Crippen LogP contribution in [0.1, 0.15) is 46.3 Å². The van der Waals surface area contributed by atoms with E-state index in [4.69, 9.17) is 13.9 Å². The molecule has 0 saturated heterocycles. The lowest BCUT2D eigenvalue weighted by Gasteiger charge is -1.92. The number of thiazole rings is 2. The van der Waals surface area contributed by atoms with Gasteiger partial charge in [0.2, 0.25) is 17.6 Å². The summed E-state index contributed by atoms with van der Waals surface area (Å²) in [5, 5.41) is 14.9. The number of aldehydes is 1. The quantitative estimate of drug-likeness (QED) is 0.304. The molecule has 2 amide bonds. The van der Waals surface area contributed by atoms with Gasteiger partial charge in [-0.1, -0.05) is 22.7 Å². The van der Waals surface area contributed by atoms with E-state index >= 15 is 0 Å². The zero-order valence-corrected chi connectivity index (χ0v) is 20.6. The summed E-state index contributed by atoms with van der Waals surface area (Å²) in [7, 11) is 0. The second-order valence-corrected chi connectivity index (χ2v) is 9.02. The number of nitrogens with one attached hydrogen (secondary N) is 2. The lowest BCUT2D eigenvalue weighted by molar-refractivity contribution is -0.115. The fourth-order valence-corrected chi connectivity index (χ4v) is 4.72. The van der Waals surface area contributed by atoms with Gasteiger partial charge in [-0.05, 0) is 38.1 Å². The van der Waals surface area contributed by atoms with Crippen LogP contribution >= 0.6 is 22.7 Å². The highest BCUT2D eigenvalue weighted by Crippen LogP contribution is 2.34. The van der Waals surface area contributed by atoms with E-state index in [0.717, 1.165) is 10.6 Å². The van der Waals surface area contributed by atoms with Crippen molar-refractivity contribution in [3.8, 4) is 21.3 Å². The minimum Gasteiger partial charge on any atom is -0.475 e. The van der Waals surface area contributed by atoms with Crippen LogP contribution in [0.4, 0.5) is 10.3 Å². The zero-order chi connectivity index (χ0) is 25.7. The monoisotopic (exact) mass is 516 g/mol. The first-order chi connectivity index (χ1) is 16.6. The maximum absolute atomic E-state index is 10.9. The molecule has 0 aliphatic rings. The lowest BCUT2D eigenvalue weighted by Crippen LogP contribution is -2.04. The predicted molar refractivity (Wildman–Crippen MR) is 130 cm³/mol. The highest BCUT2D eigenvalue weighted by Gasteiger charge is 2.16. The molecule has 0 aromatic carbocycles. The van der Waals surface area contributed by atoms with Crippen LogP contribution < -0.4 is 10.6 Å². The van der Waals surface area contributed by atoms with Crippen LogP contribution in [0, 0.1) is 13.8 Å². The van der Waals surface area contributed by atoms with Gasteiger partial charge in [-0.15, -0.1) is 0 Å². The van der Waals surface area contributed by atoms with Crippen molar-refractivity contribution in [2.45, 2.75) is 27.7 Å². The maximum Gasteiger partial charge on any atom is 0.371 e. The molecule has 4 aromatic heterocycles. The number of carbonyl (C=O) groups excluding carboxylic acids is 3. The molecule has 4 aromatic rings. The molecule has 0 aliphatic heterocycles. The minimum absolute atomic E-state index is 0.126. The first-order valence-electron chi connectivity index (χ1n) is 9.96. The van der Waals surface area contributed by atoms with Gasteiger partial charge < -0.3 is 24.6 Å². The molecule has 0 saturated carbocycles. The van der Waals surface area contributed by atoms with Crippen LogP contribution in [0.5, 0.6) is 0 Å². The first-order valence-corrected chi connectivity index (χ1v) is 11.6. The van der Waals surface area contributed by atoms with Crippen molar-refractivity contribution in [2.24, 2.45) is 0 Å². The van der Waals surface area contributed by atoms with Crippen LogP contribution in [0.3, 0.4) is 0 Å². The van der Waals surface area contributed by atoms with Crippen molar-refractivity contribution in [2.75, 3.05) is 10.6 Å². The molecule has 35 heavy (non-hydrogen) atoms. The first kappa shape index (κ1) is 25.5. The summed E-state index contributed by atoms with van der Waals surface area (Å²) in [6, 6.07) is 6.26. The number of amides is 2. The second kappa shape index (κ2) is 10.9. The largest absolute Gasteiger partial charge is 0.475 e. The average Bonchev–Trinajstić information content (AvgIpc) is 3.54. The van der Waals surface area contributed by atoms with E-state index in [0.29, 0.717) is 38.6 Å². The van der Waals surface area contributed by atoms with Crippen molar-refractivity contribution >= 4 is 57.0 Å². The lowest BCUT2D eigenvalue weighted by atomic mass is 10.3. The molecule has 0 bridgehead atoms. The molecule has 0 radical (unpaired) electrons. The molecular weight excluding hydrogens is 496 g/mol. The van der Waals surface area contributed by atoms with Crippen LogP contribution in [-0.2, 0) is 9.59 Å². The van der Waals surface area contributed by atoms with Crippen molar-refractivity contribution in [1.82, 2.24) is 9.97 Å². The summed E-state index contributed by atoms with van der Waals surface area (Å²) in [4.78, 5) is 52.9. The number of aromatic nitrogens is 2. The van der Waals surface area contributed by atoms with Gasteiger partial charge in [-0.3, -0.25) is 14.4 Å². The van der Waals surface area contributed by atoms with Crippen molar-refractivity contribution in [3.05, 3.63) is 47.2 Å². The minimum atomic E-state index is -1.12. The molecule has 11 nitrogen and oxygen atoms in total. The zero-order valence-electron chi connectivity index (χ0n) is 19.0. The van der Waals surface area contributed by atoms with E-state index in [-0.39, 0.29) is 23.3 Å². The Morgan fingerprint density at radius 2 is 1.34 bits per heavy atom. The number of furan rings is 2. The number of aryl methyl sites for hydroxylation is 2. The third kappa shape index (κ3) is 6.49.